The number of hydrogen-bond acceptors (Lipinski definition) is 4. The summed E-state index contributed by atoms with van der Waals surface area (Å²) in [5.41, 5.74) is 1.31. The molecule has 1 aromatic heterocycles. The maximum atomic E-state index is 11.8. The minimum Gasteiger partial charge on any atom is -0.396 e. The van der Waals surface area contributed by atoms with Crippen molar-refractivity contribution in [2.75, 3.05) is 26.0 Å². The first-order chi connectivity index (χ1) is 8.54. The predicted octanol–water partition coefficient (Wildman–Crippen LogP) is 1.36. The second kappa shape index (κ2) is 6.96. The summed E-state index contributed by atoms with van der Waals surface area (Å²) in [7, 11) is 3.40. The van der Waals surface area contributed by atoms with Crippen LogP contribution in [0.25, 0.3) is 0 Å². The molecule has 0 saturated carbocycles. The van der Waals surface area contributed by atoms with Crippen LogP contribution in [0.2, 0.25) is 0 Å². The Hall–Kier alpha value is -1.62. The van der Waals surface area contributed by atoms with E-state index in [4.69, 9.17) is 5.11 Å². The SMILES string of the molecule is CC(CCCO)Nc1ccnc(C(=O)N(C)C)c1. The molecule has 5 nitrogen and oxygen atoms in total. The van der Waals surface area contributed by atoms with Crippen LogP contribution in [0.4, 0.5) is 5.69 Å². The van der Waals surface area contributed by atoms with E-state index in [1.807, 2.05) is 13.0 Å². The molecule has 18 heavy (non-hydrogen) atoms. The Labute approximate surface area is 108 Å². The van der Waals surface area contributed by atoms with Crippen molar-refractivity contribution in [1.29, 1.82) is 0 Å². The Bertz CT molecular complexity index is 394. The summed E-state index contributed by atoms with van der Waals surface area (Å²) in [4.78, 5) is 17.3. The van der Waals surface area contributed by atoms with Crippen LogP contribution in [0.3, 0.4) is 0 Å². The molecule has 100 valence electrons. The topological polar surface area (TPSA) is 65.5 Å². The van der Waals surface area contributed by atoms with Gasteiger partial charge in [0.15, 0.2) is 0 Å². The maximum absolute atomic E-state index is 11.8. The summed E-state index contributed by atoms with van der Waals surface area (Å²) in [6.07, 6.45) is 3.27. The molecule has 1 heterocycles. The van der Waals surface area contributed by atoms with Gasteiger partial charge in [0.2, 0.25) is 0 Å². The molecule has 1 amide bonds. The number of carbonyl (C=O) groups is 1. The van der Waals surface area contributed by atoms with Crippen LogP contribution >= 0.6 is 0 Å². The van der Waals surface area contributed by atoms with Crippen molar-refractivity contribution in [2.45, 2.75) is 25.8 Å². The molecule has 1 atom stereocenters. The van der Waals surface area contributed by atoms with E-state index in [1.54, 1.807) is 26.4 Å². The van der Waals surface area contributed by atoms with Gasteiger partial charge < -0.3 is 15.3 Å². The number of amides is 1. The van der Waals surface area contributed by atoms with Crippen molar-refractivity contribution in [3.63, 3.8) is 0 Å². The summed E-state index contributed by atoms with van der Waals surface area (Å²) in [5, 5.41) is 12.1. The number of rotatable bonds is 6. The zero-order valence-electron chi connectivity index (χ0n) is 11.2. The predicted molar refractivity (Wildman–Crippen MR) is 71.7 cm³/mol. The molecule has 0 aliphatic heterocycles. The number of nitrogens with zero attached hydrogens (tertiary/aromatic N) is 2. The van der Waals surface area contributed by atoms with Gasteiger partial charge in [-0.1, -0.05) is 0 Å². The molecule has 0 saturated heterocycles. The Morgan fingerprint density at radius 2 is 2.28 bits per heavy atom. The van der Waals surface area contributed by atoms with Crippen molar-refractivity contribution < 1.29 is 9.90 Å². The van der Waals surface area contributed by atoms with Crippen molar-refractivity contribution in [1.82, 2.24) is 9.88 Å². The molecule has 0 aromatic carbocycles. The lowest BCUT2D eigenvalue weighted by Crippen LogP contribution is -2.23. The van der Waals surface area contributed by atoms with Crippen molar-refractivity contribution >= 4 is 11.6 Å². The molecule has 1 unspecified atom stereocenters. The van der Waals surface area contributed by atoms with Crippen molar-refractivity contribution in [3.05, 3.63) is 24.0 Å². The molecule has 0 radical (unpaired) electrons. The van der Waals surface area contributed by atoms with Crippen LogP contribution in [0.15, 0.2) is 18.3 Å². The highest BCUT2D eigenvalue weighted by Crippen LogP contribution is 2.12. The first kappa shape index (κ1) is 14.4. The molecule has 0 aliphatic rings. The molecule has 2 N–H and O–H groups in total. The average Bonchev–Trinajstić information content (AvgIpc) is 2.35. The van der Waals surface area contributed by atoms with E-state index in [0.29, 0.717) is 5.69 Å². The van der Waals surface area contributed by atoms with Crippen molar-refractivity contribution in [2.24, 2.45) is 0 Å². The first-order valence-electron chi connectivity index (χ1n) is 6.09. The number of aromatic nitrogens is 1. The summed E-state index contributed by atoms with van der Waals surface area (Å²) >= 11 is 0. The zero-order valence-corrected chi connectivity index (χ0v) is 11.2. The lowest BCUT2D eigenvalue weighted by atomic mass is 10.2. The fourth-order valence-electron chi connectivity index (χ4n) is 1.62. The maximum Gasteiger partial charge on any atom is 0.272 e. The molecular weight excluding hydrogens is 230 g/mol. The molecule has 0 aliphatic carbocycles. The average molecular weight is 251 g/mol. The quantitative estimate of drug-likeness (QED) is 0.801. The van der Waals surface area contributed by atoms with E-state index in [9.17, 15) is 4.79 Å². The summed E-state index contributed by atoms with van der Waals surface area (Å²) in [6, 6.07) is 3.83. The summed E-state index contributed by atoms with van der Waals surface area (Å²) < 4.78 is 0. The molecule has 1 aromatic rings. The lowest BCUT2D eigenvalue weighted by Gasteiger charge is -2.15. The standard InChI is InChI=1S/C13H21N3O2/c1-10(5-4-8-17)15-11-6-7-14-12(9-11)13(18)16(2)3/h6-7,9-10,17H,4-5,8H2,1-3H3,(H,14,15). The third kappa shape index (κ3) is 4.33. The number of nitrogens with one attached hydrogen (secondary N) is 1. The van der Waals surface area contributed by atoms with Gasteiger partial charge in [-0.25, -0.2) is 0 Å². The van der Waals surface area contributed by atoms with Gasteiger partial charge in [-0.15, -0.1) is 0 Å². The normalized spacial score (nSPS) is 12.0. The van der Waals surface area contributed by atoms with E-state index >= 15 is 0 Å². The van der Waals surface area contributed by atoms with Crippen LogP contribution in [0.5, 0.6) is 0 Å². The highest BCUT2D eigenvalue weighted by molar-refractivity contribution is 5.92. The van der Waals surface area contributed by atoms with Crippen LogP contribution in [-0.4, -0.2) is 47.6 Å². The summed E-state index contributed by atoms with van der Waals surface area (Å²) in [5.74, 6) is -0.110. The molecule has 0 fully saturated rings. The van der Waals surface area contributed by atoms with Gasteiger partial charge in [0.25, 0.3) is 5.91 Å². The number of pyridine rings is 1. The largest absolute Gasteiger partial charge is 0.396 e. The van der Waals surface area contributed by atoms with E-state index in [0.717, 1.165) is 18.5 Å². The molecule has 1 rings (SSSR count). The number of hydrogen-bond donors (Lipinski definition) is 2. The zero-order chi connectivity index (χ0) is 13.5. The monoisotopic (exact) mass is 251 g/mol. The minimum absolute atomic E-state index is 0.110. The second-order valence-corrected chi connectivity index (χ2v) is 4.54. The highest BCUT2D eigenvalue weighted by Gasteiger charge is 2.10. The number of aliphatic hydroxyl groups excluding tert-OH is 1. The minimum atomic E-state index is -0.110. The van der Waals surface area contributed by atoms with Crippen LogP contribution < -0.4 is 5.32 Å². The van der Waals surface area contributed by atoms with Gasteiger partial charge in [0.05, 0.1) is 0 Å². The van der Waals surface area contributed by atoms with Gasteiger partial charge in [-0.3, -0.25) is 9.78 Å². The molecule has 0 spiro atoms. The van der Waals surface area contributed by atoms with E-state index < -0.39 is 0 Å². The fraction of sp³-hybridized carbons (Fsp3) is 0.538. The van der Waals surface area contributed by atoms with Gasteiger partial charge in [-0.05, 0) is 31.9 Å². The number of carbonyl (C=O) groups excluding carboxylic acids is 1. The first-order valence-corrected chi connectivity index (χ1v) is 6.09. The van der Waals surface area contributed by atoms with E-state index in [2.05, 4.69) is 10.3 Å². The Morgan fingerprint density at radius 1 is 1.56 bits per heavy atom. The van der Waals surface area contributed by atoms with E-state index in [1.165, 1.54) is 4.90 Å². The smallest absolute Gasteiger partial charge is 0.272 e. The van der Waals surface area contributed by atoms with Gasteiger partial charge in [0, 0.05) is 38.6 Å². The third-order valence-electron chi connectivity index (χ3n) is 2.59. The molecule has 5 heteroatoms. The Balaban J connectivity index is 2.67. The highest BCUT2D eigenvalue weighted by atomic mass is 16.2. The number of anilines is 1. The lowest BCUT2D eigenvalue weighted by molar-refractivity contribution is 0.0822. The fourth-order valence-corrected chi connectivity index (χ4v) is 1.62. The summed E-state index contributed by atoms with van der Waals surface area (Å²) in [6.45, 7) is 2.25. The Kier molecular flexibility index (Phi) is 5.58. The van der Waals surface area contributed by atoms with Crippen molar-refractivity contribution in [3.8, 4) is 0 Å². The second-order valence-electron chi connectivity index (χ2n) is 4.54. The van der Waals surface area contributed by atoms with Crippen LogP contribution in [-0.2, 0) is 0 Å². The van der Waals surface area contributed by atoms with Gasteiger partial charge >= 0.3 is 0 Å². The third-order valence-corrected chi connectivity index (χ3v) is 2.59. The van der Waals surface area contributed by atoms with Gasteiger partial charge in [0.1, 0.15) is 5.69 Å². The van der Waals surface area contributed by atoms with Gasteiger partial charge in [-0.2, -0.15) is 0 Å². The molecule has 0 bridgehead atoms. The van der Waals surface area contributed by atoms with Crippen LogP contribution in [0, 0.1) is 0 Å². The number of aliphatic hydroxyl groups is 1. The van der Waals surface area contributed by atoms with E-state index in [-0.39, 0.29) is 18.6 Å². The van der Waals surface area contributed by atoms with Crippen LogP contribution in [0.1, 0.15) is 30.3 Å². The molecular formula is C13H21N3O2. The Morgan fingerprint density at radius 3 is 2.89 bits per heavy atom.